The minimum Gasteiger partial charge on any atom is -0.340 e. The van der Waals surface area contributed by atoms with Gasteiger partial charge in [0.1, 0.15) is 11.7 Å². The van der Waals surface area contributed by atoms with Gasteiger partial charge in [-0.1, -0.05) is 33.3 Å². The molecule has 3 heterocycles. The molecule has 9 nitrogen and oxygen atoms in total. The van der Waals surface area contributed by atoms with E-state index in [0.717, 1.165) is 38.0 Å². The molecule has 41 heavy (non-hydrogen) atoms. The van der Waals surface area contributed by atoms with Gasteiger partial charge in [0.15, 0.2) is 0 Å². The van der Waals surface area contributed by atoms with E-state index in [0.29, 0.717) is 31.6 Å². The van der Waals surface area contributed by atoms with E-state index in [4.69, 9.17) is 0 Å². The second-order valence-electron chi connectivity index (χ2n) is 10.6. The number of amides is 2. The van der Waals surface area contributed by atoms with Crippen LogP contribution in [-0.2, 0) is 17.9 Å². The van der Waals surface area contributed by atoms with Crippen molar-refractivity contribution < 1.29 is 9.59 Å². The lowest BCUT2D eigenvalue weighted by molar-refractivity contribution is -0.118. The zero-order chi connectivity index (χ0) is 28.7. The van der Waals surface area contributed by atoms with Gasteiger partial charge in [-0.2, -0.15) is 0 Å². The standard InChI is InChI=1S/C31H30BrN7O2/c1-19-13-28-29(14-20(19)2)37(18-33-28)16-24-17-38(36-35-24)15-22-4-6-23(7-5-22)30(40)34-27-10-11-39(31(27)41)25-8-9-26(32)21(3)12-25/h4-9,12-14,17-18,27H,10-11,15-16H2,1-3H3,(H,34,40). The smallest absolute Gasteiger partial charge is 0.251 e. The summed E-state index contributed by atoms with van der Waals surface area (Å²) >= 11 is 3.50. The molecule has 0 saturated carbocycles. The summed E-state index contributed by atoms with van der Waals surface area (Å²) in [7, 11) is 0. The molecule has 1 unspecified atom stereocenters. The van der Waals surface area contributed by atoms with Crippen LogP contribution in [0.25, 0.3) is 11.0 Å². The number of aromatic nitrogens is 5. The fourth-order valence-corrected chi connectivity index (χ4v) is 5.41. The normalized spacial score (nSPS) is 15.2. The molecule has 1 saturated heterocycles. The molecule has 0 radical (unpaired) electrons. The number of fused-ring (bicyclic) bond motifs is 1. The molecule has 0 spiro atoms. The first kappa shape index (κ1) is 26.9. The number of anilines is 1. The molecule has 10 heteroatoms. The summed E-state index contributed by atoms with van der Waals surface area (Å²) in [6, 6.07) is 16.9. The van der Waals surface area contributed by atoms with E-state index in [1.165, 1.54) is 11.1 Å². The zero-order valence-corrected chi connectivity index (χ0v) is 24.7. The van der Waals surface area contributed by atoms with Crippen LogP contribution in [0, 0.1) is 20.8 Å². The average molecular weight is 613 g/mol. The quantitative estimate of drug-likeness (QED) is 0.281. The number of hydrogen-bond acceptors (Lipinski definition) is 5. The summed E-state index contributed by atoms with van der Waals surface area (Å²) in [6.07, 6.45) is 4.34. The highest BCUT2D eigenvalue weighted by Crippen LogP contribution is 2.27. The SMILES string of the molecule is Cc1cc2ncn(Cc3cn(Cc4ccc(C(=O)NC5CCN(c6ccc(Br)c(C)c6)C5=O)cc4)nn3)c2cc1C. The number of rotatable bonds is 7. The van der Waals surface area contributed by atoms with Crippen LogP contribution < -0.4 is 10.2 Å². The Balaban J connectivity index is 1.06. The topological polar surface area (TPSA) is 97.9 Å². The lowest BCUT2D eigenvalue weighted by atomic mass is 10.1. The number of aryl methyl sites for hydroxylation is 3. The Labute approximate surface area is 246 Å². The highest BCUT2D eigenvalue weighted by Gasteiger charge is 2.34. The Morgan fingerprint density at radius 2 is 1.78 bits per heavy atom. The van der Waals surface area contributed by atoms with Gasteiger partial charge in [-0.05, 0) is 91.9 Å². The minimum atomic E-state index is -0.541. The minimum absolute atomic E-state index is 0.0902. The molecule has 1 atom stereocenters. The molecule has 1 aliphatic heterocycles. The Morgan fingerprint density at radius 1 is 1.00 bits per heavy atom. The largest absolute Gasteiger partial charge is 0.340 e. The van der Waals surface area contributed by atoms with Gasteiger partial charge in [0.05, 0.1) is 36.6 Å². The second-order valence-corrected chi connectivity index (χ2v) is 11.5. The van der Waals surface area contributed by atoms with Crippen molar-refractivity contribution in [1.82, 2.24) is 29.9 Å². The summed E-state index contributed by atoms with van der Waals surface area (Å²) in [6.45, 7) is 7.86. The van der Waals surface area contributed by atoms with Crippen LogP contribution in [0.4, 0.5) is 5.69 Å². The number of nitrogens with zero attached hydrogens (tertiary/aromatic N) is 6. The first-order valence-electron chi connectivity index (χ1n) is 13.5. The van der Waals surface area contributed by atoms with Gasteiger partial charge in [-0.3, -0.25) is 9.59 Å². The van der Waals surface area contributed by atoms with Crippen LogP contribution in [0.2, 0.25) is 0 Å². The molecule has 3 aromatic carbocycles. The lowest BCUT2D eigenvalue weighted by Crippen LogP contribution is -2.41. The Hall–Kier alpha value is -4.31. The third-order valence-corrected chi connectivity index (χ3v) is 8.57. The van der Waals surface area contributed by atoms with Crippen LogP contribution in [-0.4, -0.2) is 48.9 Å². The number of benzene rings is 3. The van der Waals surface area contributed by atoms with Crippen molar-refractivity contribution in [2.24, 2.45) is 0 Å². The van der Waals surface area contributed by atoms with Crippen molar-refractivity contribution in [3.05, 3.63) is 105 Å². The fraction of sp³-hybridized carbons (Fsp3) is 0.258. The molecular weight excluding hydrogens is 582 g/mol. The fourth-order valence-electron chi connectivity index (χ4n) is 5.16. The van der Waals surface area contributed by atoms with Crippen LogP contribution in [0.5, 0.6) is 0 Å². The molecule has 5 aromatic rings. The van der Waals surface area contributed by atoms with E-state index < -0.39 is 6.04 Å². The van der Waals surface area contributed by atoms with E-state index in [9.17, 15) is 9.59 Å². The van der Waals surface area contributed by atoms with Gasteiger partial charge < -0.3 is 14.8 Å². The molecule has 2 aromatic heterocycles. The monoisotopic (exact) mass is 611 g/mol. The molecule has 2 amide bonds. The molecule has 1 fully saturated rings. The van der Waals surface area contributed by atoms with Crippen molar-refractivity contribution in [3.8, 4) is 0 Å². The van der Waals surface area contributed by atoms with Crippen LogP contribution in [0.1, 0.15) is 44.7 Å². The second kappa shape index (κ2) is 10.9. The third kappa shape index (κ3) is 5.52. The molecule has 6 rings (SSSR count). The summed E-state index contributed by atoms with van der Waals surface area (Å²) < 4.78 is 4.87. The van der Waals surface area contributed by atoms with Crippen LogP contribution in [0.15, 0.2) is 71.6 Å². The van der Waals surface area contributed by atoms with Crippen molar-refractivity contribution in [2.75, 3.05) is 11.4 Å². The van der Waals surface area contributed by atoms with Crippen molar-refractivity contribution in [2.45, 2.75) is 46.3 Å². The number of carbonyl (C=O) groups is 2. The maximum atomic E-state index is 13.0. The van der Waals surface area contributed by atoms with E-state index in [1.54, 1.807) is 21.7 Å². The highest BCUT2D eigenvalue weighted by molar-refractivity contribution is 9.10. The van der Waals surface area contributed by atoms with Crippen molar-refractivity contribution in [1.29, 1.82) is 0 Å². The van der Waals surface area contributed by atoms with E-state index >= 15 is 0 Å². The number of carbonyl (C=O) groups excluding carboxylic acids is 2. The van der Waals surface area contributed by atoms with E-state index in [1.807, 2.05) is 49.8 Å². The highest BCUT2D eigenvalue weighted by atomic mass is 79.9. The number of imidazole rings is 1. The molecule has 1 aliphatic rings. The van der Waals surface area contributed by atoms with E-state index in [-0.39, 0.29) is 11.8 Å². The molecule has 1 N–H and O–H groups in total. The van der Waals surface area contributed by atoms with Gasteiger partial charge in [-0.25, -0.2) is 9.67 Å². The number of halogens is 1. The summed E-state index contributed by atoms with van der Waals surface area (Å²) in [5.74, 6) is -0.350. The molecule has 0 bridgehead atoms. The predicted molar refractivity (Wildman–Crippen MR) is 161 cm³/mol. The van der Waals surface area contributed by atoms with Crippen molar-refractivity contribution >= 4 is 44.5 Å². The third-order valence-electron chi connectivity index (χ3n) is 7.68. The zero-order valence-electron chi connectivity index (χ0n) is 23.1. The van der Waals surface area contributed by atoms with Gasteiger partial charge in [0.2, 0.25) is 5.91 Å². The lowest BCUT2D eigenvalue weighted by Gasteiger charge is -2.18. The molecule has 0 aliphatic carbocycles. The Morgan fingerprint density at radius 3 is 2.56 bits per heavy atom. The number of nitrogens with one attached hydrogen (secondary N) is 1. The summed E-state index contributed by atoms with van der Waals surface area (Å²) in [5, 5.41) is 11.5. The Kier molecular flexibility index (Phi) is 7.17. The summed E-state index contributed by atoms with van der Waals surface area (Å²) in [4.78, 5) is 32.2. The maximum Gasteiger partial charge on any atom is 0.251 e. The van der Waals surface area contributed by atoms with Crippen LogP contribution in [0.3, 0.4) is 0 Å². The summed E-state index contributed by atoms with van der Waals surface area (Å²) in [5.41, 5.74) is 8.74. The maximum absolute atomic E-state index is 13.0. The number of hydrogen-bond donors (Lipinski definition) is 1. The first-order chi connectivity index (χ1) is 19.7. The van der Waals surface area contributed by atoms with Gasteiger partial charge in [0.25, 0.3) is 5.91 Å². The van der Waals surface area contributed by atoms with Gasteiger partial charge >= 0.3 is 0 Å². The van der Waals surface area contributed by atoms with E-state index in [2.05, 4.69) is 67.1 Å². The first-order valence-corrected chi connectivity index (χ1v) is 14.3. The van der Waals surface area contributed by atoms with Crippen LogP contribution >= 0.6 is 15.9 Å². The average Bonchev–Trinajstić information content (AvgIpc) is 3.66. The Bertz CT molecular complexity index is 1770. The molecule has 208 valence electrons. The van der Waals surface area contributed by atoms with Gasteiger partial charge in [-0.15, -0.1) is 5.10 Å². The predicted octanol–water partition coefficient (Wildman–Crippen LogP) is 4.95. The van der Waals surface area contributed by atoms with Gasteiger partial charge in [0, 0.05) is 22.3 Å². The van der Waals surface area contributed by atoms with Crippen molar-refractivity contribution in [3.63, 3.8) is 0 Å². The molecular formula is C31H30BrN7O2.